The van der Waals surface area contributed by atoms with Gasteiger partial charge in [-0.15, -0.1) is 0 Å². The minimum atomic E-state index is -0.196. The Labute approximate surface area is 76.4 Å². The Bertz CT molecular complexity index is 292. The number of aliphatic hydroxyl groups excluding tert-OH is 1. The number of hydrogen-bond donors (Lipinski definition) is 1. The monoisotopic (exact) mass is 183 g/mol. The van der Waals surface area contributed by atoms with Crippen LogP contribution < -0.4 is 10.3 Å². The molecule has 0 bridgehead atoms. The first-order chi connectivity index (χ1) is 6.29. The van der Waals surface area contributed by atoms with Gasteiger partial charge in [-0.2, -0.15) is 0 Å². The van der Waals surface area contributed by atoms with Crippen LogP contribution in [0.3, 0.4) is 0 Å². The molecule has 0 aliphatic carbocycles. The number of ether oxygens (including phenoxy) is 1. The molecule has 0 saturated heterocycles. The molecule has 0 fully saturated rings. The van der Waals surface area contributed by atoms with Crippen LogP contribution in [-0.2, 0) is 6.54 Å². The zero-order chi connectivity index (χ0) is 9.68. The molecule has 1 heterocycles. The molecule has 0 spiro atoms. The summed E-state index contributed by atoms with van der Waals surface area (Å²) >= 11 is 0. The number of aromatic nitrogens is 1. The molecule has 0 saturated carbocycles. The van der Waals surface area contributed by atoms with E-state index >= 15 is 0 Å². The summed E-state index contributed by atoms with van der Waals surface area (Å²) < 4.78 is 6.53. The maximum atomic E-state index is 11.5. The smallest absolute Gasteiger partial charge is 0.292 e. The van der Waals surface area contributed by atoms with Crippen LogP contribution in [0, 0.1) is 0 Å². The Morgan fingerprint density at radius 1 is 1.62 bits per heavy atom. The summed E-state index contributed by atoms with van der Waals surface area (Å²) in [6, 6.07) is 3.35. The summed E-state index contributed by atoms with van der Waals surface area (Å²) in [5, 5.41) is 8.66. The van der Waals surface area contributed by atoms with Gasteiger partial charge in [-0.1, -0.05) is 0 Å². The van der Waals surface area contributed by atoms with E-state index in [1.165, 1.54) is 4.57 Å². The Morgan fingerprint density at radius 2 is 2.38 bits per heavy atom. The van der Waals surface area contributed by atoms with Crippen molar-refractivity contribution in [3.05, 3.63) is 28.7 Å². The van der Waals surface area contributed by atoms with Crippen LogP contribution in [0.2, 0.25) is 0 Å². The fraction of sp³-hybridized carbons (Fsp3) is 0.444. The highest BCUT2D eigenvalue weighted by molar-refractivity contribution is 5.17. The molecule has 72 valence electrons. The summed E-state index contributed by atoms with van der Waals surface area (Å²) in [5.41, 5.74) is -0.196. The van der Waals surface area contributed by atoms with E-state index in [-0.39, 0.29) is 12.2 Å². The van der Waals surface area contributed by atoms with Gasteiger partial charge < -0.3 is 14.4 Å². The molecule has 0 aromatic carbocycles. The largest absolute Gasteiger partial charge is 0.488 e. The van der Waals surface area contributed by atoms with Crippen molar-refractivity contribution < 1.29 is 9.84 Å². The zero-order valence-corrected chi connectivity index (χ0v) is 7.56. The summed E-state index contributed by atoms with van der Waals surface area (Å²) in [6.45, 7) is 2.55. The van der Waals surface area contributed by atoms with Crippen molar-refractivity contribution in [3.63, 3.8) is 0 Å². The molecule has 1 aromatic rings. The van der Waals surface area contributed by atoms with Crippen LogP contribution in [0.4, 0.5) is 0 Å². The van der Waals surface area contributed by atoms with Crippen molar-refractivity contribution in [2.75, 3.05) is 13.2 Å². The zero-order valence-electron chi connectivity index (χ0n) is 7.56. The van der Waals surface area contributed by atoms with Gasteiger partial charge in [0.2, 0.25) is 0 Å². The number of hydrogen-bond acceptors (Lipinski definition) is 3. The lowest BCUT2D eigenvalue weighted by atomic mass is 10.4. The normalized spacial score (nSPS) is 10.0. The van der Waals surface area contributed by atoms with Crippen LogP contribution in [-0.4, -0.2) is 22.9 Å². The van der Waals surface area contributed by atoms with Crippen molar-refractivity contribution in [3.8, 4) is 5.75 Å². The Balaban J connectivity index is 2.97. The third-order valence-corrected chi connectivity index (χ3v) is 1.63. The van der Waals surface area contributed by atoms with Gasteiger partial charge in [0, 0.05) is 12.7 Å². The van der Waals surface area contributed by atoms with Crippen molar-refractivity contribution in [1.29, 1.82) is 0 Å². The molecule has 4 nitrogen and oxygen atoms in total. The first-order valence-electron chi connectivity index (χ1n) is 4.22. The van der Waals surface area contributed by atoms with E-state index in [1.807, 2.05) is 6.92 Å². The Hall–Kier alpha value is -1.29. The molecule has 0 aliphatic heterocycles. The van der Waals surface area contributed by atoms with Crippen LogP contribution in [0.15, 0.2) is 23.1 Å². The SMILES string of the molecule is CCOc1cccn(CCO)c1=O. The van der Waals surface area contributed by atoms with E-state index in [9.17, 15) is 4.79 Å². The van der Waals surface area contributed by atoms with E-state index in [0.717, 1.165) is 0 Å². The van der Waals surface area contributed by atoms with Gasteiger partial charge in [-0.05, 0) is 19.1 Å². The Morgan fingerprint density at radius 3 is 3.00 bits per heavy atom. The fourth-order valence-electron chi connectivity index (χ4n) is 1.06. The highest BCUT2D eigenvalue weighted by Gasteiger charge is 2.01. The van der Waals surface area contributed by atoms with Gasteiger partial charge in [0.1, 0.15) is 0 Å². The summed E-state index contributed by atoms with van der Waals surface area (Å²) in [4.78, 5) is 11.5. The van der Waals surface area contributed by atoms with E-state index in [1.54, 1.807) is 18.3 Å². The molecule has 1 aromatic heterocycles. The second-order valence-electron chi connectivity index (χ2n) is 2.53. The molecule has 0 atom stereocenters. The molecule has 13 heavy (non-hydrogen) atoms. The van der Waals surface area contributed by atoms with Crippen LogP contribution in [0.1, 0.15) is 6.92 Å². The standard InChI is InChI=1S/C9H13NO3/c1-2-13-8-4-3-5-10(6-7-11)9(8)12/h3-5,11H,2,6-7H2,1H3. The van der Waals surface area contributed by atoms with E-state index < -0.39 is 0 Å². The molecule has 0 amide bonds. The first kappa shape index (κ1) is 9.80. The second-order valence-corrected chi connectivity index (χ2v) is 2.53. The molecule has 1 N–H and O–H groups in total. The van der Waals surface area contributed by atoms with Gasteiger partial charge >= 0.3 is 0 Å². The van der Waals surface area contributed by atoms with Gasteiger partial charge in [0.15, 0.2) is 5.75 Å². The van der Waals surface area contributed by atoms with Crippen molar-refractivity contribution in [2.24, 2.45) is 0 Å². The van der Waals surface area contributed by atoms with Crippen molar-refractivity contribution in [2.45, 2.75) is 13.5 Å². The maximum Gasteiger partial charge on any atom is 0.292 e. The van der Waals surface area contributed by atoms with Crippen LogP contribution in [0.5, 0.6) is 5.75 Å². The van der Waals surface area contributed by atoms with Crippen molar-refractivity contribution in [1.82, 2.24) is 4.57 Å². The average Bonchev–Trinajstić information content (AvgIpc) is 2.13. The van der Waals surface area contributed by atoms with E-state index in [0.29, 0.717) is 18.9 Å². The predicted molar refractivity (Wildman–Crippen MR) is 49.0 cm³/mol. The lowest BCUT2D eigenvalue weighted by Crippen LogP contribution is -2.22. The first-order valence-corrected chi connectivity index (χ1v) is 4.22. The van der Waals surface area contributed by atoms with E-state index in [2.05, 4.69) is 0 Å². The predicted octanol–water partition coefficient (Wildman–Crippen LogP) is 0.239. The molecule has 0 aliphatic rings. The number of aliphatic hydroxyl groups is 1. The topological polar surface area (TPSA) is 51.5 Å². The minimum absolute atomic E-state index is 0.0461. The molecular formula is C9H13NO3. The fourth-order valence-corrected chi connectivity index (χ4v) is 1.06. The number of rotatable bonds is 4. The quantitative estimate of drug-likeness (QED) is 0.727. The van der Waals surface area contributed by atoms with Gasteiger partial charge in [0.25, 0.3) is 5.56 Å². The Kier molecular flexibility index (Phi) is 3.52. The molecular weight excluding hydrogens is 170 g/mol. The molecule has 0 radical (unpaired) electrons. The molecule has 1 rings (SSSR count). The summed E-state index contributed by atoms with van der Waals surface area (Å²) in [5.74, 6) is 0.332. The number of pyridine rings is 1. The van der Waals surface area contributed by atoms with Crippen molar-refractivity contribution >= 4 is 0 Å². The van der Waals surface area contributed by atoms with Crippen LogP contribution in [0.25, 0.3) is 0 Å². The minimum Gasteiger partial charge on any atom is -0.488 e. The number of nitrogens with zero attached hydrogens (tertiary/aromatic N) is 1. The lowest BCUT2D eigenvalue weighted by Gasteiger charge is -2.06. The average molecular weight is 183 g/mol. The van der Waals surface area contributed by atoms with E-state index in [4.69, 9.17) is 9.84 Å². The van der Waals surface area contributed by atoms with Gasteiger partial charge in [0.05, 0.1) is 13.2 Å². The third-order valence-electron chi connectivity index (χ3n) is 1.63. The highest BCUT2D eigenvalue weighted by Crippen LogP contribution is 2.00. The van der Waals surface area contributed by atoms with Gasteiger partial charge in [-0.3, -0.25) is 4.79 Å². The third kappa shape index (κ3) is 2.32. The maximum absolute atomic E-state index is 11.5. The summed E-state index contributed by atoms with van der Waals surface area (Å²) in [7, 11) is 0. The molecule has 4 heteroatoms. The van der Waals surface area contributed by atoms with Crippen LogP contribution >= 0.6 is 0 Å². The van der Waals surface area contributed by atoms with Gasteiger partial charge in [-0.25, -0.2) is 0 Å². The molecule has 0 unspecified atom stereocenters. The summed E-state index contributed by atoms with van der Waals surface area (Å²) in [6.07, 6.45) is 1.63. The second kappa shape index (κ2) is 4.67. The lowest BCUT2D eigenvalue weighted by molar-refractivity contribution is 0.271. The highest BCUT2D eigenvalue weighted by atomic mass is 16.5.